The molecule has 1 saturated heterocycles. The number of piperidine rings is 1. The van der Waals surface area contributed by atoms with Crippen molar-refractivity contribution in [1.29, 1.82) is 0 Å². The van der Waals surface area contributed by atoms with Crippen molar-refractivity contribution in [2.75, 3.05) is 13.1 Å². The van der Waals surface area contributed by atoms with Gasteiger partial charge in [-0.1, -0.05) is 11.3 Å². The third-order valence-corrected chi connectivity index (χ3v) is 5.22. The lowest BCUT2D eigenvalue weighted by Crippen LogP contribution is -2.42. The Morgan fingerprint density at radius 2 is 2.08 bits per heavy atom. The molecule has 1 fully saturated rings. The average molecular weight is 378 g/mol. The second kappa shape index (κ2) is 6.64. The van der Waals surface area contributed by atoms with E-state index in [9.17, 15) is 13.6 Å². The third-order valence-electron chi connectivity index (χ3n) is 4.32. The van der Waals surface area contributed by atoms with E-state index < -0.39 is 11.6 Å². The molecule has 0 atom stereocenters. The average Bonchev–Trinajstić information content (AvgIpc) is 3.21. The number of fused-ring (bicyclic) bond motifs is 1. The number of carbonyl (C=O) groups excluding carboxylic acids is 1. The maximum absolute atomic E-state index is 13.7. The van der Waals surface area contributed by atoms with Crippen molar-refractivity contribution in [3.8, 4) is 5.19 Å². The minimum Gasteiger partial charge on any atom is -0.467 e. The molecule has 1 aliphatic heterocycles. The van der Waals surface area contributed by atoms with Crippen LogP contribution in [0.15, 0.2) is 24.4 Å². The van der Waals surface area contributed by atoms with Crippen molar-refractivity contribution in [1.82, 2.24) is 19.7 Å². The number of thiazole rings is 1. The molecule has 0 unspecified atom stereocenters. The summed E-state index contributed by atoms with van der Waals surface area (Å²) in [6.07, 6.45) is 2.91. The minimum atomic E-state index is -0.693. The lowest BCUT2D eigenvalue weighted by atomic mass is 10.1. The summed E-state index contributed by atoms with van der Waals surface area (Å²) in [7, 11) is 1.77. The van der Waals surface area contributed by atoms with Gasteiger partial charge in [0, 0.05) is 45.2 Å². The van der Waals surface area contributed by atoms with Gasteiger partial charge in [0.15, 0.2) is 5.82 Å². The smallest absolute Gasteiger partial charge is 0.274 e. The van der Waals surface area contributed by atoms with Crippen molar-refractivity contribution in [3.63, 3.8) is 0 Å². The van der Waals surface area contributed by atoms with E-state index in [-0.39, 0.29) is 17.5 Å². The van der Waals surface area contributed by atoms with Crippen LogP contribution in [-0.2, 0) is 7.05 Å². The molecule has 0 bridgehead atoms. The number of aromatic nitrogens is 3. The van der Waals surface area contributed by atoms with Gasteiger partial charge in [0.05, 0.1) is 4.70 Å². The molecule has 3 aromatic rings. The summed E-state index contributed by atoms with van der Waals surface area (Å²) in [5.74, 6) is -1.42. The predicted octanol–water partition coefficient (Wildman–Crippen LogP) is 2.99. The van der Waals surface area contributed by atoms with E-state index in [0.717, 1.165) is 17.4 Å². The molecule has 136 valence electrons. The zero-order valence-corrected chi connectivity index (χ0v) is 14.8. The van der Waals surface area contributed by atoms with Gasteiger partial charge in [0.2, 0.25) is 0 Å². The van der Waals surface area contributed by atoms with Crippen molar-refractivity contribution < 1.29 is 18.3 Å². The number of hydrogen-bond acceptors (Lipinski definition) is 5. The van der Waals surface area contributed by atoms with Gasteiger partial charge in [0.25, 0.3) is 11.1 Å². The van der Waals surface area contributed by atoms with Crippen molar-refractivity contribution in [2.24, 2.45) is 7.05 Å². The molecule has 9 heteroatoms. The number of rotatable bonds is 3. The second-order valence-electron chi connectivity index (χ2n) is 6.20. The molecule has 2 aromatic heterocycles. The van der Waals surface area contributed by atoms with Crippen LogP contribution >= 0.6 is 11.3 Å². The van der Waals surface area contributed by atoms with Gasteiger partial charge in [0.1, 0.15) is 23.1 Å². The molecule has 3 heterocycles. The normalized spacial score (nSPS) is 15.6. The van der Waals surface area contributed by atoms with Crippen LogP contribution in [0.2, 0.25) is 0 Å². The number of likely N-dealkylation sites (tertiary alicyclic amines) is 1. The number of carbonyl (C=O) groups is 1. The zero-order valence-electron chi connectivity index (χ0n) is 14.0. The molecule has 1 aromatic carbocycles. The predicted molar refractivity (Wildman–Crippen MR) is 92.3 cm³/mol. The van der Waals surface area contributed by atoms with E-state index in [1.807, 2.05) is 0 Å². The Morgan fingerprint density at radius 3 is 2.77 bits per heavy atom. The number of nitrogens with zero attached hydrogens (tertiary/aromatic N) is 4. The molecule has 6 nitrogen and oxygen atoms in total. The molecule has 0 aliphatic carbocycles. The highest BCUT2D eigenvalue weighted by Crippen LogP contribution is 2.32. The molecule has 26 heavy (non-hydrogen) atoms. The fourth-order valence-electron chi connectivity index (χ4n) is 3.00. The lowest BCUT2D eigenvalue weighted by Gasteiger charge is -2.31. The summed E-state index contributed by atoms with van der Waals surface area (Å²) >= 11 is 1.12. The molecule has 4 rings (SSSR count). The standard InChI is InChI=1S/C17H16F2N4O2S/c1-22-5-4-13(21-22)16(24)23-6-2-11(3-7-23)25-17-20-15-12(19)8-10(18)9-14(15)26-17/h4-5,8-9,11H,2-3,6-7H2,1H3. The highest BCUT2D eigenvalue weighted by molar-refractivity contribution is 7.20. The van der Waals surface area contributed by atoms with Crippen LogP contribution in [0.25, 0.3) is 10.2 Å². The zero-order chi connectivity index (χ0) is 18.3. The van der Waals surface area contributed by atoms with Crippen molar-refractivity contribution >= 4 is 27.5 Å². The third kappa shape index (κ3) is 3.26. The molecule has 0 radical (unpaired) electrons. The van der Waals surface area contributed by atoms with Gasteiger partial charge in [-0.3, -0.25) is 9.48 Å². The Kier molecular flexibility index (Phi) is 4.31. The van der Waals surface area contributed by atoms with E-state index in [1.165, 1.54) is 6.07 Å². The summed E-state index contributed by atoms with van der Waals surface area (Å²) in [4.78, 5) is 18.2. The Bertz CT molecular complexity index is 963. The Hall–Kier alpha value is -2.55. The van der Waals surface area contributed by atoms with Crippen LogP contribution in [0.4, 0.5) is 8.78 Å². The van der Waals surface area contributed by atoms with Crippen LogP contribution in [0.1, 0.15) is 23.3 Å². The highest BCUT2D eigenvalue weighted by Gasteiger charge is 2.26. The van der Waals surface area contributed by atoms with Crippen LogP contribution in [0.5, 0.6) is 5.19 Å². The number of aryl methyl sites for hydroxylation is 1. The summed E-state index contributed by atoms with van der Waals surface area (Å²) < 4.78 is 34.9. The quantitative estimate of drug-likeness (QED) is 0.703. The maximum atomic E-state index is 13.7. The van der Waals surface area contributed by atoms with E-state index in [2.05, 4.69) is 10.1 Å². The molecule has 1 amide bonds. The largest absolute Gasteiger partial charge is 0.467 e. The van der Waals surface area contributed by atoms with Gasteiger partial charge in [-0.25, -0.2) is 8.78 Å². The van der Waals surface area contributed by atoms with E-state index in [4.69, 9.17) is 4.74 Å². The van der Waals surface area contributed by atoms with Crippen molar-refractivity contribution in [2.45, 2.75) is 18.9 Å². The fraction of sp³-hybridized carbons (Fsp3) is 0.353. The monoisotopic (exact) mass is 378 g/mol. The van der Waals surface area contributed by atoms with Crippen molar-refractivity contribution in [3.05, 3.63) is 41.7 Å². The Labute approximate surface area is 152 Å². The first kappa shape index (κ1) is 16.9. The summed E-state index contributed by atoms with van der Waals surface area (Å²) in [6.45, 7) is 1.10. The van der Waals surface area contributed by atoms with Crippen LogP contribution in [-0.4, -0.2) is 44.8 Å². The van der Waals surface area contributed by atoms with Crippen LogP contribution < -0.4 is 4.74 Å². The van der Waals surface area contributed by atoms with E-state index >= 15 is 0 Å². The molecule has 0 saturated carbocycles. The summed E-state index contributed by atoms with van der Waals surface area (Å²) in [5.41, 5.74) is 0.546. The van der Waals surface area contributed by atoms with Gasteiger partial charge in [-0.2, -0.15) is 10.1 Å². The van der Waals surface area contributed by atoms with Gasteiger partial charge in [-0.15, -0.1) is 0 Å². The van der Waals surface area contributed by atoms with Gasteiger partial charge >= 0.3 is 0 Å². The number of hydrogen-bond donors (Lipinski definition) is 0. The summed E-state index contributed by atoms with van der Waals surface area (Å²) in [6, 6.07) is 3.75. The molecule has 0 N–H and O–H groups in total. The fourth-order valence-corrected chi connectivity index (χ4v) is 3.92. The second-order valence-corrected chi connectivity index (χ2v) is 7.19. The number of halogens is 2. The summed E-state index contributed by atoms with van der Waals surface area (Å²) in [5, 5.41) is 4.45. The Morgan fingerprint density at radius 1 is 1.31 bits per heavy atom. The topological polar surface area (TPSA) is 60.2 Å². The van der Waals surface area contributed by atoms with E-state index in [1.54, 1.807) is 28.9 Å². The highest BCUT2D eigenvalue weighted by atomic mass is 32.1. The first-order valence-electron chi connectivity index (χ1n) is 8.21. The Balaban J connectivity index is 1.39. The van der Waals surface area contributed by atoms with Crippen LogP contribution in [0, 0.1) is 11.6 Å². The SMILES string of the molecule is Cn1ccc(C(=O)N2CCC(Oc3nc4c(F)cc(F)cc4s3)CC2)n1. The number of amides is 1. The van der Waals surface area contributed by atoms with E-state index in [0.29, 0.717) is 41.5 Å². The first-order valence-corrected chi connectivity index (χ1v) is 9.02. The minimum absolute atomic E-state index is 0.0958. The van der Waals surface area contributed by atoms with Gasteiger partial charge in [-0.05, 0) is 12.1 Å². The molecular formula is C17H16F2N4O2S. The number of benzene rings is 1. The maximum Gasteiger partial charge on any atom is 0.274 e. The first-order chi connectivity index (χ1) is 12.5. The molecule has 1 aliphatic rings. The van der Waals surface area contributed by atoms with Gasteiger partial charge < -0.3 is 9.64 Å². The molecular weight excluding hydrogens is 362 g/mol. The molecule has 0 spiro atoms. The number of ether oxygens (including phenoxy) is 1. The lowest BCUT2D eigenvalue weighted by molar-refractivity contribution is 0.0589. The van der Waals surface area contributed by atoms with Crippen LogP contribution in [0.3, 0.4) is 0 Å².